The molecule has 0 spiro atoms. The minimum atomic E-state index is -0.108. The van der Waals surface area contributed by atoms with Crippen molar-refractivity contribution in [2.75, 3.05) is 39.9 Å². The molecule has 0 bridgehead atoms. The molecule has 1 aliphatic carbocycles. The summed E-state index contributed by atoms with van der Waals surface area (Å²) in [6.07, 6.45) is 6.29. The van der Waals surface area contributed by atoms with Crippen molar-refractivity contribution < 1.29 is 9.53 Å². The van der Waals surface area contributed by atoms with Crippen LogP contribution in [0.25, 0.3) is 10.9 Å². The van der Waals surface area contributed by atoms with E-state index in [0.29, 0.717) is 6.54 Å². The SMILES string of the molecule is CN(Cc1cccc2ncccc12)C(=O)NC1(CN2CCOCC2)CCCC1. The number of fused-ring (bicyclic) bond motifs is 1. The van der Waals surface area contributed by atoms with E-state index in [0.717, 1.165) is 62.2 Å². The molecule has 1 N–H and O–H groups in total. The van der Waals surface area contributed by atoms with Gasteiger partial charge >= 0.3 is 6.03 Å². The average molecular weight is 383 g/mol. The average Bonchev–Trinajstić information content (AvgIpc) is 3.17. The second-order valence-corrected chi connectivity index (χ2v) is 8.15. The molecule has 28 heavy (non-hydrogen) atoms. The largest absolute Gasteiger partial charge is 0.379 e. The van der Waals surface area contributed by atoms with E-state index in [1.165, 1.54) is 12.8 Å². The van der Waals surface area contributed by atoms with Crippen LogP contribution < -0.4 is 5.32 Å². The number of hydrogen-bond donors (Lipinski definition) is 1. The number of ether oxygens (including phenoxy) is 1. The van der Waals surface area contributed by atoms with Gasteiger partial charge < -0.3 is 15.0 Å². The molecular weight excluding hydrogens is 352 g/mol. The van der Waals surface area contributed by atoms with Gasteiger partial charge in [-0.1, -0.05) is 31.0 Å². The highest BCUT2D eigenvalue weighted by molar-refractivity contribution is 5.82. The number of morpholine rings is 1. The van der Waals surface area contributed by atoms with E-state index >= 15 is 0 Å². The quantitative estimate of drug-likeness (QED) is 0.864. The number of rotatable bonds is 5. The lowest BCUT2D eigenvalue weighted by Crippen LogP contribution is -2.57. The fraction of sp³-hybridized carbons (Fsp3) is 0.545. The van der Waals surface area contributed by atoms with Gasteiger partial charge in [0.15, 0.2) is 0 Å². The molecule has 4 rings (SSSR count). The van der Waals surface area contributed by atoms with Crippen molar-refractivity contribution in [3.05, 3.63) is 42.1 Å². The van der Waals surface area contributed by atoms with E-state index in [-0.39, 0.29) is 11.6 Å². The monoisotopic (exact) mass is 382 g/mol. The number of aromatic nitrogens is 1. The van der Waals surface area contributed by atoms with Gasteiger partial charge in [0, 0.05) is 44.8 Å². The fourth-order valence-electron chi connectivity index (χ4n) is 4.52. The van der Waals surface area contributed by atoms with Crippen LogP contribution in [0.5, 0.6) is 0 Å². The zero-order valence-electron chi connectivity index (χ0n) is 16.7. The summed E-state index contributed by atoms with van der Waals surface area (Å²) in [6, 6.07) is 10.1. The topological polar surface area (TPSA) is 57.7 Å². The molecule has 6 nitrogen and oxygen atoms in total. The highest BCUT2D eigenvalue weighted by atomic mass is 16.5. The first kappa shape index (κ1) is 19.2. The molecule has 1 aliphatic heterocycles. The van der Waals surface area contributed by atoms with Gasteiger partial charge in [0.1, 0.15) is 0 Å². The summed E-state index contributed by atoms with van der Waals surface area (Å²) in [7, 11) is 1.88. The maximum absolute atomic E-state index is 13.0. The van der Waals surface area contributed by atoms with Gasteiger partial charge in [-0.3, -0.25) is 9.88 Å². The van der Waals surface area contributed by atoms with Crippen LogP contribution in [0, 0.1) is 0 Å². The summed E-state index contributed by atoms with van der Waals surface area (Å²) in [6.45, 7) is 4.99. The predicted octanol–water partition coefficient (Wildman–Crippen LogP) is 3.02. The lowest BCUT2D eigenvalue weighted by molar-refractivity contribution is 0.0246. The van der Waals surface area contributed by atoms with Crippen LogP contribution in [0.1, 0.15) is 31.2 Å². The Kier molecular flexibility index (Phi) is 5.78. The van der Waals surface area contributed by atoms with Crippen molar-refractivity contribution in [1.82, 2.24) is 20.1 Å². The number of hydrogen-bond acceptors (Lipinski definition) is 4. The molecule has 2 amide bonds. The molecule has 2 aromatic rings. The summed E-state index contributed by atoms with van der Waals surface area (Å²) in [5.74, 6) is 0. The number of urea groups is 1. The van der Waals surface area contributed by atoms with Crippen LogP contribution in [0.4, 0.5) is 4.79 Å². The van der Waals surface area contributed by atoms with Crippen LogP contribution in [-0.2, 0) is 11.3 Å². The number of carbonyl (C=O) groups is 1. The Labute approximate surface area is 166 Å². The Morgan fingerprint density at radius 3 is 2.79 bits per heavy atom. The van der Waals surface area contributed by atoms with Crippen molar-refractivity contribution in [2.24, 2.45) is 0 Å². The highest BCUT2D eigenvalue weighted by Crippen LogP contribution is 2.31. The van der Waals surface area contributed by atoms with Crippen LogP contribution in [0.3, 0.4) is 0 Å². The van der Waals surface area contributed by atoms with E-state index in [1.807, 2.05) is 25.2 Å². The minimum absolute atomic E-state index is 0.0102. The lowest BCUT2D eigenvalue weighted by atomic mass is 9.96. The third-order valence-electron chi connectivity index (χ3n) is 6.05. The van der Waals surface area contributed by atoms with Gasteiger partial charge in [-0.25, -0.2) is 4.79 Å². The molecule has 2 heterocycles. The first-order valence-corrected chi connectivity index (χ1v) is 10.3. The normalized spacial score (nSPS) is 19.6. The maximum Gasteiger partial charge on any atom is 0.317 e. The zero-order chi connectivity index (χ0) is 19.4. The molecule has 1 aromatic heterocycles. The third-order valence-corrected chi connectivity index (χ3v) is 6.05. The summed E-state index contributed by atoms with van der Waals surface area (Å²) >= 11 is 0. The van der Waals surface area contributed by atoms with E-state index < -0.39 is 0 Å². The number of benzene rings is 1. The minimum Gasteiger partial charge on any atom is -0.379 e. The molecular formula is C22H30N4O2. The van der Waals surface area contributed by atoms with Gasteiger partial charge in [0.05, 0.1) is 24.3 Å². The summed E-state index contributed by atoms with van der Waals surface area (Å²) in [5.41, 5.74) is 1.98. The molecule has 1 saturated carbocycles. The fourth-order valence-corrected chi connectivity index (χ4v) is 4.52. The first-order valence-electron chi connectivity index (χ1n) is 10.3. The van der Waals surface area contributed by atoms with E-state index in [9.17, 15) is 4.79 Å². The molecule has 1 aromatic carbocycles. The molecule has 1 saturated heterocycles. The van der Waals surface area contributed by atoms with E-state index in [1.54, 1.807) is 11.1 Å². The van der Waals surface area contributed by atoms with Crippen LogP contribution in [-0.4, -0.2) is 66.2 Å². The number of carbonyl (C=O) groups excluding carboxylic acids is 1. The summed E-state index contributed by atoms with van der Waals surface area (Å²) in [4.78, 5) is 21.7. The number of nitrogens with zero attached hydrogens (tertiary/aromatic N) is 3. The second kappa shape index (κ2) is 8.45. The maximum atomic E-state index is 13.0. The van der Waals surface area contributed by atoms with Gasteiger partial charge in [-0.15, -0.1) is 0 Å². The molecule has 0 radical (unpaired) electrons. The molecule has 6 heteroatoms. The molecule has 2 aliphatic rings. The van der Waals surface area contributed by atoms with Crippen molar-refractivity contribution >= 4 is 16.9 Å². The number of amides is 2. The van der Waals surface area contributed by atoms with Crippen molar-refractivity contribution in [3.63, 3.8) is 0 Å². The summed E-state index contributed by atoms with van der Waals surface area (Å²) in [5, 5.41) is 4.50. The smallest absolute Gasteiger partial charge is 0.317 e. The molecule has 2 fully saturated rings. The van der Waals surface area contributed by atoms with E-state index in [4.69, 9.17) is 4.74 Å². The molecule has 150 valence electrons. The Balaban J connectivity index is 1.43. The van der Waals surface area contributed by atoms with Crippen molar-refractivity contribution in [1.29, 1.82) is 0 Å². The van der Waals surface area contributed by atoms with Crippen LogP contribution in [0.15, 0.2) is 36.5 Å². The second-order valence-electron chi connectivity index (χ2n) is 8.15. The lowest BCUT2D eigenvalue weighted by Gasteiger charge is -2.38. The zero-order valence-corrected chi connectivity index (χ0v) is 16.7. The number of nitrogens with one attached hydrogen (secondary N) is 1. The molecule has 0 unspecified atom stereocenters. The Bertz CT molecular complexity index is 808. The van der Waals surface area contributed by atoms with Gasteiger partial charge in [0.2, 0.25) is 0 Å². The van der Waals surface area contributed by atoms with Crippen molar-refractivity contribution in [3.8, 4) is 0 Å². The predicted molar refractivity (Wildman–Crippen MR) is 110 cm³/mol. The van der Waals surface area contributed by atoms with Crippen LogP contribution >= 0.6 is 0 Å². The number of pyridine rings is 1. The van der Waals surface area contributed by atoms with Gasteiger partial charge in [0.25, 0.3) is 0 Å². The highest BCUT2D eigenvalue weighted by Gasteiger charge is 2.38. The Hall–Kier alpha value is -2.18. The van der Waals surface area contributed by atoms with E-state index in [2.05, 4.69) is 27.3 Å². The summed E-state index contributed by atoms with van der Waals surface area (Å²) < 4.78 is 5.48. The Morgan fingerprint density at radius 1 is 1.21 bits per heavy atom. The third kappa shape index (κ3) is 4.28. The van der Waals surface area contributed by atoms with Crippen molar-refractivity contribution in [2.45, 2.75) is 37.8 Å². The molecule has 0 atom stereocenters. The standard InChI is InChI=1S/C22H30N4O2/c1-25(16-18-6-4-8-20-19(18)7-5-11-23-20)21(27)24-22(9-2-3-10-22)17-26-12-14-28-15-13-26/h4-8,11H,2-3,9-10,12-17H2,1H3,(H,24,27). The van der Waals surface area contributed by atoms with Gasteiger partial charge in [-0.2, -0.15) is 0 Å². The van der Waals surface area contributed by atoms with Crippen LogP contribution in [0.2, 0.25) is 0 Å². The first-order chi connectivity index (χ1) is 13.7. The Morgan fingerprint density at radius 2 is 2.00 bits per heavy atom. The van der Waals surface area contributed by atoms with Gasteiger partial charge in [-0.05, 0) is 30.5 Å².